The quantitative estimate of drug-likeness (QED) is 0.779. The molecule has 0 aliphatic carbocycles. The third kappa shape index (κ3) is 4.01. The molecule has 0 saturated carbocycles. The van der Waals surface area contributed by atoms with Crippen molar-refractivity contribution in [3.8, 4) is 11.3 Å². The van der Waals surface area contributed by atoms with Crippen LogP contribution in [0.2, 0.25) is 0 Å². The summed E-state index contributed by atoms with van der Waals surface area (Å²) in [5.41, 5.74) is 3.34. The molecule has 8 heteroatoms. The Morgan fingerprint density at radius 2 is 1.96 bits per heavy atom. The van der Waals surface area contributed by atoms with Gasteiger partial charge in [-0.1, -0.05) is 0 Å². The van der Waals surface area contributed by atoms with Crippen LogP contribution in [0.25, 0.3) is 11.3 Å². The smallest absolute Gasteiger partial charge is 0.269 e. The van der Waals surface area contributed by atoms with Crippen molar-refractivity contribution < 1.29 is 9.59 Å². The molecule has 2 heterocycles. The number of carbonyl (C=O) groups is 2. The molecule has 0 unspecified atom stereocenters. The standard InChI is InChI=1S/C16H24N6O2/c1-9-14(10(2)22(6)21-9)11-7-12(20-19-11)15(24)17-8-13(23)18-16(3,4)5/h7H,8H2,1-6H3,(H,17,24)(H,18,23)(H,19,20). The second-order valence-electron chi connectivity index (χ2n) is 6.82. The van der Waals surface area contributed by atoms with Gasteiger partial charge in [-0.15, -0.1) is 0 Å². The second kappa shape index (κ2) is 6.46. The highest BCUT2D eigenvalue weighted by Crippen LogP contribution is 2.25. The monoisotopic (exact) mass is 332 g/mol. The third-order valence-corrected chi connectivity index (χ3v) is 3.51. The van der Waals surface area contributed by atoms with Gasteiger partial charge in [-0.3, -0.25) is 19.4 Å². The fourth-order valence-electron chi connectivity index (χ4n) is 2.43. The molecule has 24 heavy (non-hydrogen) atoms. The minimum Gasteiger partial charge on any atom is -0.350 e. The summed E-state index contributed by atoms with van der Waals surface area (Å²) in [6.45, 7) is 9.40. The average molecular weight is 332 g/mol. The fraction of sp³-hybridized carbons (Fsp3) is 0.500. The van der Waals surface area contributed by atoms with Crippen molar-refractivity contribution in [1.29, 1.82) is 0 Å². The van der Waals surface area contributed by atoms with Gasteiger partial charge in [0.2, 0.25) is 5.91 Å². The molecule has 2 aromatic rings. The van der Waals surface area contributed by atoms with Gasteiger partial charge in [-0.2, -0.15) is 10.2 Å². The Morgan fingerprint density at radius 1 is 1.29 bits per heavy atom. The lowest BCUT2D eigenvalue weighted by atomic mass is 10.1. The first-order chi connectivity index (χ1) is 11.1. The molecule has 2 aromatic heterocycles. The zero-order chi connectivity index (χ0) is 18.1. The van der Waals surface area contributed by atoms with E-state index in [-0.39, 0.29) is 23.9 Å². The Bertz CT molecular complexity index is 766. The van der Waals surface area contributed by atoms with Gasteiger partial charge < -0.3 is 10.6 Å². The number of H-pyrrole nitrogens is 1. The summed E-state index contributed by atoms with van der Waals surface area (Å²) >= 11 is 0. The molecule has 2 amide bonds. The molecule has 0 fully saturated rings. The summed E-state index contributed by atoms with van der Waals surface area (Å²) in [6, 6.07) is 1.66. The summed E-state index contributed by atoms with van der Waals surface area (Å²) in [5.74, 6) is -0.619. The van der Waals surface area contributed by atoms with E-state index in [1.165, 1.54) is 0 Å². The minimum absolute atomic E-state index is 0.0879. The molecule has 0 bridgehead atoms. The second-order valence-corrected chi connectivity index (χ2v) is 6.82. The van der Waals surface area contributed by atoms with E-state index in [9.17, 15) is 9.59 Å². The minimum atomic E-state index is -0.378. The Hall–Kier alpha value is -2.64. The van der Waals surface area contributed by atoms with Crippen molar-refractivity contribution in [2.24, 2.45) is 7.05 Å². The first kappa shape index (κ1) is 17.7. The molecule has 0 aromatic carbocycles. The average Bonchev–Trinajstić information content (AvgIpc) is 3.00. The molecule has 8 nitrogen and oxygen atoms in total. The zero-order valence-corrected chi connectivity index (χ0v) is 14.9. The van der Waals surface area contributed by atoms with Crippen molar-refractivity contribution >= 4 is 11.8 Å². The number of hydrogen-bond donors (Lipinski definition) is 3. The predicted octanol–water partition coefficient (Wildman–Crippen LogP) is 1.07. The Kier molecular flexibility index (Phi) is 4.77. The number of hydrogen-bond acceptors (Lipinski definition) is 4. The van der Waals surface area contributed by atoms with Gasteiger partial charge in [0.05, 0.1) is 17.9 Å². The number of nitrogens with zero attached hydrogens (tertiary/aromatic N) is 3. The van der Waals surface area contributed by atoms with Gasteiger partial charge in [-0.05, 0) is 40.7 Å². The van der Waals surface area contributed by atoms with E-state index in [1.807, 2.05) is 41.7 Å². The lowest BCUT2D eigenvalue weighted by Crippen LogP contribution is -2.45. The van der Waals surface area contributed by atoms with Crippen LogP contribution in [0, 0.1) is 13.8 Å². The highest BCUT2D eigenvalue weighted by atomic mass is 16.2. The maximum absolute atomic E-state index is 12.2. The summed E-state index contributed by atoms with van der Waals surface area (Å²) in [5, 5.41) is 16.6. The van der Waals surface area contributed by atoms with Gasteiger partial charge in [-0.25, -0.2) is 0 Å². The number of rotatable bonds is 4. The SMILES string of the molecule is Cc1nn(C)c(C)c1-c1cc(C(=O)NCC(=O)NC(C)(C)C)[nH]n1. The van der Waals surface area contributed by atoms with E-state index < -0.39 is 0 Å². The molecule has 0 aliphatic heterocycles. The number of aromatic amines is 1. The van der Waals surface area contributed by atoms with Crippen LogP contribution in [-0.2, 0) is 11.8 Å². The van der Waals surface area contributed by atoms with Crippen LogP contribution in [0.3, 0.4) is 0 Å². The zero-order valence-electron chi connectivity index (χ0n) is 14.9. The van der Waals surface area contributed by atoms with E-state index in [1.54, 1.807) is 10.7 Å². The predicted molar refractivity (Wildman–Crippen MR) is 90.5 cm³/mol. The number of aromatic nitrogens is 4. The van der Waals surface area contributed by atoms with Crippen molar-refractivity contribution in [2.45, 2.75) is 40.2 Å². The molecule has 0 atom stereocenters. The van der Waals surface area contributed by atoms with Gasteiger partial charge >= 0.3 is 0 Å². The summed E-state index contributed by atoms with van der Waals surface area (Å²) in [7, 11) is 1.86. The van der Waals surface area contributed by atoms with Crippen LogP contribution in [0.5, 0.6) is 0 Å². The molecule has 0 saturated heterocycles. The van der Waals surface area contributed by atoms with Crippen molar-refractivity contribution in [3.63, 3.8) is 0 Å². The molecule has 3 N–H and O–H groups in total. The number of nitrogens with one attached hydrogen (secondary N) is 3. The largest absolute Gasteiger partial charge is 0.350 e. The molecule has 0 aliphatic rings. The first-order valence-electron chi connectivity index (χ1n) is 7.73. The number of aryl methyl sites for hydroxylation is 2. The van der Waals surface area contributed by atoms with Crippen LogP contribution < -0.4 is 10.6 Å². The third-order valence-electron chi connectivity index (χ3n) is 3.51. The molecular weight excluding hydrogens is 308 g/mol. The molecular formula is C16H24N6O2. The van der Waals surface area contributed by atoms with Gasteiger partial charge in [0, 0.05) is 23.8 Å². The lowest BCUT2D eigenvalue weighted by molar-refractivity contribution is -0.121. The number of amides is 2. The van der Waals surface area contributed by atoms with Crippen LogP contribution in [-0.4, -0.2) is 43.9 Å². The first-order valence-corrected chi connectivity index (χ1v) is 7.73. The van der Waals surface area contributed by atoms with E-state index in [2.05, 4.69) is 25.9 Å². The van der Waals surface area contributed by atoms with Crippen molar-refractivity contribution in [3.05, 3.63) is 23.1 Å². The summed E-state index contributed by atoms with van der Waals surface area (Å²) < 4.78 is 1.77. The van der Waals surface area contributed by atoms with E-state index in [0.717, 1.165) is 17.0 Å². The molecule has 0 spiro atoms. The number of carbonyl (C=O) groups excluding carboxylic acids is 2. The molecule has 130 valence electrons. The topological polar surface area (TPSA) is 105 Å². The maximum Gasteiger partial charge on any atom is 0.269 e. The van der Waals surface area contributed by atoms with Crippen molar-refractivity contribution in [1.82, 2.24) is 30.6 Å². The summed E-state index contributed by atoms with van der Waals surface area (Å²) in [4.78, 5) is 23.9. The van der Waals surface area contributed by atoms with Crippen molar-refractivity contribution in [2.75, 3.05) is 6.54 Å². The van der Waals surface area contributed by atoms with Gasteiger partial charge in [0.15, 0.2) is 0 Å². The Labute approximate surface area is 141 Å². The molecule has 2 rings (SSSR count). The van der Waals surface area contributed by atoms with E-state index >= 15 is 0 Å². The van der Waals surface area contributed by atoms with Gasteiger partial charge in [0.25, 0.3) is 5.91 Å². The Balaban J connectivity index is 2.05. The van der Waals surface area contributed by atoms with E-state index in [0.29, 0.717) is 11.4 Å². The highest BCUT2D eigenvalue weighted by Gasteiger charge is 2.18. The normalized spacial score (nSPS) is 11.4. The Morgan fingerprint density at radius 3 is 2.50 bits per heavy atom. The summed E-state index contributed by atoms with van der Waals surface area (Å²) in [6.07, 6.45) is 0. The molecule has 0 radical (unpaired) electrons. The van der Waals surface area contributed by atoms with Crippen LogP contribution in [0.15, 0.2) is 6.07 Å². The van der Waals surface area contributed by atoms with Crippen LogP contribution in [0.1, 0.15) is 42.6 Å². The maximum atomic E-state index is 12.2. The fourth-order valence-corrected chi connectivity index (χ4v) is 2.43. The lowest BCUT2D eigenvalue weighted by Gasteiger charge is -2.20. The highest BCUT2D eigenvalue weighted by molar-refractivity contribution is 5.95. The van der Waals surface area contributed by atoms with Crippen LogP contribution in [0.4, 0.5) is 0 Å². The van der Waals surface area contributed by atoms with Gasteiger partial charge in [0.1, 0.15) is 5.69 Å². The van der Waals surface area contributed by atoms with Crippen LogP contribution >= 0.6 is 0 Å². The van der Waals surface area contributed by atoms with E-state index in [4.69, 9.17) is 0 Å².